The normalized spacial score (nSPS) is 10.5. The van der Waals surface area contributed by atoms with Crippen LogP contribution in [-0.2, 0) is 4.79 Å². The van der Waals surface area contributed by atoms with Crippen LogP contribution in [0.5, 0.6) is 5.75 Å². The molecule has 6 nitrogen and oxygen atoms in total. The molecule has 3 aromatic rings. The van der Waals surface area contributed by atoms with E-state index in [4.69, 9.17) is 16.3 Å². The van der Waals surface area contributed by atoms with Crippen molar-refractivity contribution in [3.05, 3.63) is 76.4 Å². The summed E-state index contributed by atoms with van der Waals surface area (Å²) < 4.78 is 5.14. The van der Waals surface area contributed by atoms with E-state index in [0.717, 1.165) is 11.3 Å². The summed E-state index contributed by atoms with van der Waals surface area (Å²) in [5.74, 6) is 0.307. The lowest BCUT2D eigenvalue weighted by molar-refractivity contribution is -0.113. The van der Waals surface area contributed by atoms with Gasteiger partial charge in [-0.1, -0.05) is 29.4 Å². The Hall–Kier alpha value is -3.03. The zero-order valence-corrected chi connectivity index (χ0v) is 18.9. The number of methoxy groups -OCH3 is 1. The fourth-order valence-electron chi connectivity index (χ4n) is 2.95. The van der Waals surface area contributed by atoms with Crippen LogP contribution < -0.4 is 15.4 Å². The molecule has 0 unspecified atom stereocenters. The van der Waals surface area contributed by atoms with E-state index in [9.17, 15) is 9.59 Å². The first kappa shape index (κ1) is 22.7. The number of pyridine rings is 1. The van der Waals surface area contributed by atoms with Crippen LogP contribution in [0.25, 0.3) is 0 Å². The third-order valence-corrected chi connectivity index (χ3v) is 5.55. The van der Waals surface area contributed by atoms with Gasteiger partial charge in [-0.05, 0) is 67.9 Å². The highest BCUT2D eigenvalue weighted by Crippen LogP contribution is 2.26. The monoisotopic (exact) mass is 455 g/mol. The topological polar surface area (TPSA) is 80.3 Å². The Morgan fingerprint density at radius 2 is 1.77 bits per heavy atom. The average Bonchev–Trinajstić information content (AvgIpc) is 2.72. The maximum absolute atomic E-state index is 13.0. The molecule has 0 atom stereocenters. The standard InChI is InChI=1S/C23H22ClN3O3S/c1-14-11-15(2)25-23(31-13-20(28)26-18-6-4-5-16(24)12-18)21(14)22(29)27-17-7-9-19(30-3)10-8-17/h4-12H,13H2,1-3H3,(H,26,28)(H,27,29). The van der Waals surface area contributed by atoms with Crippen LogP contribution in [-0.4, -0.2) is 29.7 Å². The number of benzene rings is 2. The van der Waals surface area contributed by atoms with E-state index >= 15 is 0 Å². The summed E-state index contributed by atoms with van der Waals surface area (Å²) in [6, 6.07) is 15.8. The van der Waals surface area contributed by atoms with Crippen LogP contribution in [0.4, 0.5) is 11.4 Å². The number of aromatic nitrogens is 1. The van der Waals surface area contributed by atoms with Gasteiger partial charge in [-0.3, -0.25) is 9.59 Å². The molecule has 0 spiro atoms. The molecule has 0 saturated heterocycles. The lowest BCUT2D eigenvalue weighted by atomic mass is 10.1. The number of hydrogen-bond acceptors (Lipinski definition) is 5. The third kappa shape index (κ3) is 6.23. The minimum absolute atomic E-state index is 0.102. The molecule has 2 N–H and O–H groups in total. The number of nitrogens with one attached hydrogen (secondary N) is 2. The van der Waals surface area contributed by atoms with Crippen molar-refractivity contribution in [2.45, 2.75) is 18.9 Å². The number of ether oxygens (including phenoxy) is 1. The first-order valence-corrected chi connectivity index (χ1v) is 10.8. The SMILES string of the molecule is COc1ccc(NC(=O)c2c(C)cc(C)nc2SCC(=O)Nc2cccc(Cl)c2)cc1. The summed E-state index contributed by atoms with van der Waals surface area (Å²) in [6.07, 6.45) is 0. The number of hydrogen-bond donors (Lipinski definition) is 2. The quantitative estimate of drug-likeness (QED) is 0.470. The smallest absolute Gasteiger partial charge is 0.258 e. The molecule has 0 aliphatic carbocycles. The predicted molar refractivity (Wildman–Crippen MR) is 125 cm³/mol. The number of carbonyl (C=O) groups excluding carboxylic acids is 2. The van der Waals surface area contributed by atoms with Gasteiger partial charge in [0.25, 0.3) is 5.91 Å². The minimum atomic E-state index is -0.284. The Morgan fingerprint density at radius 3 is 2.45 bits per heavy atom. The highest BCUT2D eigenvalue weighted by Gasteiger charge is 2.18. The van der Waals surface area contributed by atoms with E-state index in [1.165, 1.54) is 11.8 Å². The highest BCUT2D eigenvalue weighted by atomic mass is 35.5. The Bertz CT molecular complexity index is 1100. The molecule has 1 aromatic heterocycles. The molecule has 0 aliphatic rings. The second-order valence-corrected chi connectivity index (χ2v) is 8.19. The van der Waals surface area contributed by atoms with Crippen LogP contribution in [0.3, 0.4) is 0 Å². The lowest BCUT2D eigenvalue weighted by Crippen LogP contribution is -2.18. The third-order valence-electron chi connectivity index (χ3n) is 4.33. The van der Waals surface area contributed by atoms with Gasteiger partial charge in [0.2, 0.25) is 5.91 Å². The number of anilines is 2. The number of halogens is 1. The molecule has 2 aromatic carbocycles. The molecule has 0 bridgehead atoms. The summed E-state index contributed by atoms with van der Waals surface area (Å²) in [5.41, 5.74) is 3.26. The van der Waals surface area contributed by atoms with Crippen molar-refractivity contribution < 1.29 is 14.3 Å². The van der Waals surface area contributed by atoms with E-state index in [1.807, 2.05) is 19.9 Å². The molecule has 0 radical (unpaired) electrons. The van der Waals surface area contributed by atoms with Gasteiger partial charge in [-0.2, -0.15) is 0 Å². The zero-order valence-electron chi connectivity index (χ0n) is 17.4. The van der Waals surface area contributed by atoms with Crippen molar-refractivity contribution >= 4 is 46.6 Å². The van der Waals surface area contributed by atoms with Crippen LogP contribution in [0.15, 0.2) is 59.6 Å². The molecule has 2 amide bonds. The molecule has 1 heterocycles. The molecule has 31 heavy (non-hydrogen) atoms. The first-order chi connectivity index (χ1) is 14.9. The molecular weight excluding hydrogens is 434 g/mol. The van der Waals surface area contributed by atoms with E-state index in [0.29, 0.717) is 32.7 Å². The molecule has 0 fully saturated rings. The van der Waals surface area contributed by atoms with Gasteiger partial charge < -0.3 is 15.4 Å². The molecule has 160 valence electrons. The predicted octanol–water partition coefficient (Wildman–Crippen LogP) is 5.34. The maximum Gasteiger partial charge on any atom is 0.258 e. The fourth-order valence-corrected chi connectivity index (χ4v) is 4.09. The Kier molecular flexibility index (Phi) is 7.55. The number of carbonyl (C=O) groups is 2. The van der Waals surface area contributed by atoms with Gasteiger partial charge in [-0.25, -0.2) is 4.98 Å². The van der Waals surface area contributed by atoms with E-state index in [1.54, 1.807) is 55.6 Å². The number of thioether (sulfide) groups is 1. The maximum atomic E-state index is 13.0. The molecule has 0 saturated carbocycles. The molecule has 3 rings (SSSR count). The van der Waals surface area contributed by atoms with Gasteiger partial charge in [0.15, 0.2) is 0 Å². The van der Waals surface area contributed by atoms with Crippen molar-refractivity contribution in [1.29, 1.82) is 0 Å². The van der Waals surface area contributed by atoms with Gasteiger partial charge in [0.1, 0.15) is 10.8 Å². The van der Waals surface area contributed by atoms with Crippen LogP contribution >= 0.6 is 23.4 Å². The van der Waals surface area contributed by atoms with E-state index in [2.05, 4.69) is 15.6 Å². The van der Waals surface area contributed by atoms with Crippen LogP contribution in [0.2, 0.25) is 5.02 Å². The highest BCUT2D eigenvalue weighted by molar-refractivity contribution is 8.00. The van der Waals surface area contributed by atoms with Gasteiger partial charge in [0.05, 0.1) is 18.4 Å². The summed E-state index contributed by atoms with van der Waals surface area (Å²) in [5, 5.41) is 6.72. The van der Waals surface area contributed by atoms with Gasteiger partial charge >= 0.3 is 0 Å². The Balaban J connectivity index is 1.74. The second-order valence-electron chi connectivity index (χ2n) is 6.79. The Morgan fingerprint density at radius 1 is 1.03 bits per heavy atom. The average molecular weight is 456 g/mol. The number of amides is 2. The fraction of sp³-hybridized carbons (Fsp3) is 0.174. The second kappa shape index (κ2) is 10.3. The van der Waals surface area contributed by atoms with Crippen molar-refractivity contribution in [3.8, 4) is 5.75 Å². The molecule has 8 heteroatoms. The molecular formula is C23H22ClN3O3S. The van der Waals surface area contributed by atoms with Gasteiger partial charge in [-0.15, -0.1) is 0 Å². The summed E-state index contributed by atoms with van der Waals surface area (Å²) >= 11 is 7.17. The van der Waals surface area contributed by atoms with Gasteiger partial charge in [0, 0.05) is 22.1 Å². The Labute approximate surface area is 190 Å². The van der Waals surface area contributed by atoms with Crippen molar-refractivity contribution in [2.75, 3.05) is 23.5 Å². The summed E-state index contributed by atoms with van der Waals surface area (Å²) in [7, 11) is 1.58. The number of rotatable bonds is 7. The van der Waals surface area contributed by atoms with Crippen molar-refractivity contribution in [3.63, 3.8) is 0 Å². The molecule has 0 aliphatic heterocycles. The van der Waals surface area contributed by atoms with Crippen LogP contribution in [0.1, 0.15) is 21.6 Å². The first-order valence-electron chi connectivity index (χ1n) is 9.47. The van der Waals surface area contributed by atoms with E-state index in [-0.39, 0.29) is 17.6 Å². The number of aryl methyl sites for hydroxylation is 2. The van der Waals surface area contributed by atoms with Crippen molar-refractivity contribution in [2.24, 2.45) is 0 Å². The van der Waals surface area contributed by atoms with Crippen molar-refractivity contribution in [1.82, 2.24) is 4.98 Å². The van der Waals surface area contributed by atoms with E-state index < -0.39 is 0 Å². The minimum Gasteiger partial charge on any atom is -0.497 e. The van der Waals surface area contributed by atoms with Crippen LogP contribution in [0, 0.1) is 13.8 Å². The lowest BCUT2D eigenvalue weighted by Gasteiger charge is -2.13. The zero-order chi connectivity index (χ0) is 22.4. The number of nitrogens with zero attached hydrogens (tertiary/aromatic N) is 1. The summed E-state index contributed by atoms with van der Waals surface area (Å²) in [6.45, 7) is 3.71. The summed E-state index contributed by atoms with van der Waals surface area (Å²) in [4.78, 5) is 29.9. The largest absolute Gasteiger partial charge is 0.497 e.